The number of nitrogens with one attached hydrogen (secondary N) is 1. The molecule has 6 heteroatoms. The Morgan fingerprint density at radius 1 is 1.15 bits per heavy atom. The molecule has 0 bridgehead atoms. The van der Waals surface area contributed by atoms with E-state index in [2.05, 4.69) is 21.2 Å². The molecule has 0 radical (unpaired) electrons. The average Bonchev–Trinajstić information content (AvgIpc) is 2.41. The van der Waals surface area contributed by atoms with E-state index >= 15 is 0 Å². The molecular formula is C14H10BrCl2NO2. The molecule has 0 fully saturated rings. The first-order valence-corrected chi connectivity index (χ1v) is 7.23. The fourth-order valence-corrected chi connectivity index (χ4v) is 2.34. The molecule has 104 valence electrons. The van der Waals surface area contributed by atoms with Crippen LogP contribution in [0.2, 0.25) is 10.0 Å². The zero-order valence-corrected chi connectivity index (χ0v) is 13.2. The van der Waals surface area contributed by atoms with Gasteiger partial charge >= 0.3 is 5.97 Å². The summed E-state index contributed by atoms with van der Waals surface area (Å²) in [4.78, 5) is 11.5. The van der Waals surface area contributed by atoms with Crippen LogP contribution in [0.3, 0.4) is 0 Å². The smallest absolute Gasteiger partial charge is 0.330 e. The second-order valence-corrected chi connectivity index (χ2v) is 5.74. The summed E-state index contributed by atoms with van der Waals surface area (Å²) in [7, 11) is 0. The zero-order valence-electron chi connectivity index (χ0n) is 10.1. The SMILES string of the molecule is O=C(O)C(Nc1ccccc1Cl)c1ccc(Br)c(Cl)c1. The highest BCUT2D eigenvalue weighted by molar-refractivity contribution is 9.10. The van der Waals surface area contributed by atoms with Crippen molar-refractivity contribution < 1.29 is 9.90 Å². The molecule has 0 spiro atoms. The van der Waals surface area contributed by atoms with E-state index in [0.717, 1.165) is 0 Å². The van der Waals surface area contributed by atoms with Crippen molar-refractivity contribution in [2.75, 3.05) is 5.32 Å². The van der Waals surface area contributed by atoms with Crippen molar-refractivity contribution in [2.45, 2.75) is 6.04 Å². The van der Waals surface area contributed by atoms with Crippen LogP contribution in [0.4, 0.5) is 5.69 Å². The van der Waals surface area contributed by atoms with Crippen molar-refractivity contribution >= 4 is 50.8 Å². The Kier molecular flexibility index (Phi) is 4.91. The molecule has 2 rings (SSSR count). The van der Waals surface area contributed by atoms with Crippen LogP contribution in [0, 0.1) is 0 Å². The Balaban J connectivity index is 2.34. The first kappa shape index (κ1) is 15.2. The minimum absolute atomic E-state index is 0.453. The van der Waals surface area contributed by atoms with Gasteiger partial charge in [-0.3, -0.25) is 0 Å². The number of benzene rings is 2. The van der Waals surface area contributed by atoms with Crippen LogP contribution >= 0.6 is 39.1 Å². The van der Waals surface area contributed by atoms with Gasteiger partial charge in [0.1, 0.15) is 0 Å². The first-order chi connectivity index (χ1) is 9.49. The third-order valence-corrected chi connectivity index (χ3v) is 4.26. The number of aliphatic carboxylic acids is 1. The van der Waals surface area contributed by atoms with Gasteiger partial charge in [0.15, 0.2) is 6.04 Å². The standard InChI is InChI=1S/C14H10BrCl2NO2/c15-9-6-5-8(7-11(9)17)13(14(19)20)18-12-4-2-1-3-10(12)16/h1-7,13,18H,(H,19,20). The Morgan fingerprint density at radius 3 is 2.45 bits per heavy atom. The number of anilines is 1. The van der Waals surface area contributed by atoms with Crippen molar-refractivity contribution in [1.82, 2.24) is 0 Å². The summed E-state index contributed by atoms with van der Waals surface area (Å²) in [6.07, 6.45) is 0. The molecular weight excluding hydrogens is 365 g/mol. The fraction of sp³-hybridized carbons (Fsp3) is 0.0714. The van der Waals surface area contributed by atoms with Crippen LogP contribution in [0.5, 0.6) is 0 Å². The van der Waals surface area contributed by atoms with E-state index in [1.807, 2.05) is 0 Å². The van der Waals surface area contributed by atoms with Gasteiger partial charge in [0.25, 0.3) is 0 Å². The number of carboxylic acid groups (broad SMARTS) is 1. The van der Waals surface area contributed by atoms with Crippen LogP contribution in [-0.4, -0.2) is 11.1 Å². The Bertz CT molecular complexity index is 649. The quantitative estimate of drug-likeness (QED) is 0.792. The van der Waals surface area contributed by atoms with Crippen LogP contribution in [-0.2, 0) is 4.79 Å². The molecule has 0 heterocycles. The summed E-state index contributed by atoms with van der Waals surface area (Å²) in [5.41, 5.74) is 1.10. The molecule has 20 heavy (non-hydrogen) atoms. The lowest BCUT2D eigenvalue weighted by Gasteiger charge is -2.17. The lowest BCUT2D eigenvalue weighted by Crippen LogP contribution is -2.20. The molecule has 0 saturated heterocycles. The van der Waals surface area contributed by atoms with Gasteiger partial charge in [-0.2, -0.15) is 0 Å². The zero-order chi connectivity index (χ0) is 14.7. The Labute approximate surface area is 134 Å². The van der Waals surface area contributed by atoms with Crippen molar-refractivity contribution in [3.8, 4) is 0 Å². The molecule has 2 aromatic carbocycles. The third kappa shape index (κ3) is 3.45. The minimum atomic E-state index is -1.01. The number of carbonyl (C=O) groups is 1. The van der Waals surface area contributed by atoms with Crippen molar-refractivity contribution in [3.63, 3.8) is 0 Å². The van der Waals surface area contributed by atoms with E-state index < -0.39 is 12.0 Å². The van der Waals surface area contributed by atoms with E-state index in [9.17, 15) is 9.90 Å². The van der Waals surface area contributed by atoms with Crippen molar-refractivity contribution in [2.24, 2.45) is 0 Å². The topological polar surface area (TPSA) is 49.3 Å². The monoisotopic (exact) mass is 373 g/mol. The number of hydrogen-bond donors (Lipinski definition) is 2. The van der Waals surface area contributed by atoms with E-state index in [1.54, 1.807) is 42.5 Å². The van der Waals surface area contributed by atoms with Gasteiger partial charge in [-0.15, -0.1) is 0 Å². The maximum absolute atomic E-state index is 11.5. The second kappa shape index (κ2) is 6.48. The van der Waals surface area contributed by atoms with Crippen LogP contribution in [0.1, 0.15) is 11.6 Å². The lowest BCUT2D eigenvalue weighted by molar-refractivity contribution is -0.138. The molecule has 1 atom stereocenters. The summed E-state index contributed by atoms with van der Waals surface area (Å²) < 4.78 is 0.713. The normalized spacial score (nSPS) is 11.9. The van der Waals surface area contributed by atoms with Gasteiger partial charge < -0.3 is 10.4 Å². The molecule has 0 saturated carbocycles. The number of rotatable bonds is 4. The van der Waals surface area contributed by atoms with Gasteiger partial charge in [-0.1, -0.05) is 41.4 Å². The molecule has 0 amide bonds. The minimum Gasteiger partial charge on any atom is -0.479 e. The van der Waals surface area contributed by atoms with Gasteiger partial charge in [-0.05, 0) is 45.8 Å². The van der Waals surface area contributed by atoms with Crippen molar-refractivity contribution in [1.29, 1.82) is 0 Å². The number of carboxylic acids is 1. The van der Waals surface area contributed by atoms with E-state index in [4.69, 9.17) is 23.2 Å². The lowest BCUT2D eigenvalue weighted by atomic mass is 10.1. The summed E-state index contributed by atoms with van der Waals surface area (Å²) in [6, 6.07) is 11.0. The van der Waals surface area contributed by atoms with E-state index in [0.29, 0.717) is 25.8 Å². The number of para-hydroxylation sites is 1. The fourth-order valence-electron chi connectivity index (χ4n) is 1.71. The van der Waals surface area contributed by atoms with Gasteiger partial charge in [-0.25, -0.2) is 4.79 Å². The Hall–Kier alpha value is -1.23. The summed E-state index contributed by atoms with van der Waals surface area (Å²) in [5, 5.41) is 13.2. The average molecular weight is 375 g/mol. The molecule has 1 unspecified atom stereocenters. The summed E-state index contributed by atoms with van der Waals surface area (Å²) in [6.45, 7) is 0. The van der Waals surface area contributed by atoms with Crippen LogP contribution in [0.25, 0.3) is 0 Å². The van der Waals surface area contributed by atoms with Crippen molar-refractivity contribution in [3.05, 3.63) is 62.5 Å². The van der Waals surface area contributed by atoms with E-state index in [-0.39, 0.29) is 0 Å². The highest BCUT2D eigenvalue weighted by Gasteiger charge is 2.21. The summed E-state index contributed by atoms with van der Waals surface area (Å²) >= 11 is 15.3. The first-order valence-electron chi connectivity index (χ1n) is 5.68. The molecule has 0 aliphatic carbocycles. The third-order valence-electron chi connectivity index (χ3n) is 2.70. The molecule has 0 aliphatic heterocycles. The highest BCUT2D eigenvalue weighted by Crippen LogP contribution is 2.30. The number of hydrogen-bond acceptors (Lipinski definition) is 2. The van der Waals surface area contributed by atoms with Gasteiger partial charge in [0, 0.05) is 4.47 Å². The molecule has 0 aromatic heterocycles. The summed E-state index contributed by atoms with van der Waals surface area (Å²) in [5.74, 6) is -1.01. The molecule has 3 nitrogen and oxygen atoms in total. The predicted octanol–water partition coefficient (Wildman–Crippen LogP) is 4.99. The number of halogens is 3. The maximum Gasteiger partial charge on any atom is 0.330 e. The van der Waals surface area contributed by atoms with Gasteiger partial charge in [0.2, 0.25) is 0 Å². The van der Waals surface area contributed by atoms with E-state index in [1.165, 1.54) is 0 Å². The van der Waals surface area contributed by atoms with Crippen LogP contribution < -0.4 is 5.32 Å². The molecule has 0 aliphatic rings. The second-order valence-electron chi connectivity index (χ2n) is 4.07. The largest absolute Gasteiger partial charge is 0.479 e. The predicted molar refractivity (Wildman–Crippen MR) is 84.6 cm³/mol. The maximum atomic E-state index is 11.5. The Morgan fingerprint density at radius 2 is 1.85 bits per heavy atom. The van der Waals surface area contributed by atoms with Gasteiger partial charge in [0.05, 0.1) is 15.7 Å². The molecule has 2 N–H and O–H groups in total. The highest BCUT2D eigenvalue weighted by atomic mass is 79.9. The van der Waals surface area contributed by atoms with Crippen LogP contribution in [0.15, 0.2) is 46.9 Å². The molecule has 2 aromatic rings.